The Bertz CT molecular complexity index is 4630. The Morgan fingerprint density at radius 2 is 0.744 bits per heavy atom. The molecule has 0 fully saturated rings. The molecular weight excluding hydrogens is 947 g/mol. The molecule has 0 saturated heterocycles. The van der Waals surface area contributed by atoms with Crippen LogP contribution >= 0.6 is 0 Å². The Morgan fingerprint density at radius 1 is 0.308 bits per heavy atom. The number of hydrogen-bond donors (Lipinski definition) is 0. The molecule has 0 N–H and O–H groups in total. The standard InChI is InChI=1S/C75H55NO2/c1-73(2)58-41-47(37-39-52(58)63-60(73)43-56(46-27-14-9-15-28-46)71-65(63)54-30-17-20-35-61(54)77-71)76(70-49(44-23-10-7-11-24-44)32-22-33-50(70)45-25-12-8-13-26-45)48-38-40-53-59(42-48)75(5,6)69-67(53)72-66(55-31-18-21-36-62(55)78-72)64-51-29-16-19-34-57(51)74(3,4)68(64)69/h7-43H,1-6H3. The van der Waals surface area contributed by atoms with Gasteiger partial charge in [0.1, 0.15) is 22.3 Å². The van der Waals surface area contributed by atoms with E-state index in [0.29, 0.717) is 0 Å². The highest BCUT2D eigenvalue weighted by Gasteiger charge is 2.49. The number of nitrogens with zero attached hydrogens (tertiary/aromatic N) is 1. The van der Waals surface area contributed by atoms with Crippen LogP contribution in [-0.4, -0.2) is 0 Å². The van der Waals surface area contributed by atoms with Crippen molar-refractivity contribution in [3.8, 4) is 66.8 Å². The predicted molar refractivity (Wildman–Crippen MR) is 325 cm³/mol. The van der Waals surface area contributed by atoms with Crippen LogP contribution in [-0.2, 0) is 16.2 Å². The highest BCUT2D eigenvalue weighted by Crippen LogP contribution is 2.64. The second-order valence-corrected chi connectivity index (χ2v) is 23.5. The minimum absolute atomic E-state index is 0.249. The first-order valence-electron chi connectivity index (χ1n) is 27.5. The Hall–Kier alpha value is -9.18. The molecular formula is C75H55NO2. The van der Waals surface area contributed by atoms with Gasteiger partial charge in [-0.3, -0.25) is 0 Å². The Kier molecular flexibility index (Phi) is 9.21. The SMILES string of the molecule is CC1(C)c2cc(N(c3ccc4c(c3)C(C)(C)c3c5c(c6c(oc7ccccc76)c3-4)-c3ccccc3C5(C)C)c3c(-c4ccccc4)cccc3-c3ccccc3)ccc2-c2c1cc(-c1ccccc1)c1oc3ccccc3c21. The maximum absolute atomic E-state index is 7.15. The molecule has 372 valence electrons. The van der Waals surface area contributed by atoms with Gasteiger partial charge in [-0.25, -0.2) is 0 Å². The summed E-state index contributed by atoms with van der Waals surface area (Å²) < 4.78 is 14.0. The zero-order valence-corrected chi connectivity index (χ0v) is 44.6. The van der Waals surface area contributed by atoms with E-state index in [0.717, 1.165) is 78.2 Å². The number of para-hydroxylation sites is 3. The summed E-state index contributed by atoms with van der Waals surface area (Å²) in [5, 5.41) is 4.70. The lowest BCUT2D eigenvalue weighted by Crippen LogP contribution is -2.24. The fourth-order valence-electron chi connectivity index (χ4n) is 14.6. The van der Waals surface area contributed by atoms with E-state index in [-0.39, 0.29) is 10.8 Å². The summed E-state index contributed by atoms with van der Waals surface area (Å²) in [7, 11) is 0. The Labute approximate surface area is 454 Å². The van der Waals surface area contributed by atoms with E-state index in [1.165, 1.54) is 82.9 Å². The molecule has 11 aromatic carbocycles. The summed E-state index contributed by atoms with van der Waals surface area (Å²) in [5.41, 5.74) is 28.5. The lowest BCUT2D eigenvalue weighted by atomic mass is 9.72. The van der Waals surface area contributed by atoms with Crippen molar-refractivity contribution in [2.75, 3.05) is 4.90 Å². The number of benzene rings is 11. The van der Waals surface area contributed by atoms with Crippen LogP contribution in [0.3, 0.4) is 0 Å². The van der Waals surface area contributed by atoms with Gasteiger partial charge >= 0.3 is 0 Å². The molecule has 0 aliphatic heterocycles. The average Bonchev–Trinajstić information content (AvgIpc) is 2.90. The molecule has 0 atom stereocenters. The number of fused-ring (bicyclic) bond motifs is 19. The molecule has 0 radical (unpaired) electrons. The lowest BCUT2D eigenvalue weighted by molar-refractivity contribution is 0.600. The molecule has 2 heterocycles. The summed E-state index contributed by atoms with van der Waals surface area (Å²) >= 11 is 0. The zero-order valence-electron chi connectivity index (χ0n) is 44.6. The highest BCUT2D eigenvalue weighted by atomic mass is 16.3. The van der Waals surface area contributed by atoms with Crippen LogP contribution in [0.4, 0.5) is 17.1 Å². The van der Waals surface area contributed by atoms with Gasteiger partial charge in [0.05, 0.1) is 5.69 Å². The van der Waals surface area contributed by atoms with Crippen LogP contribution in [0, 0.1) is 0 Å². The third-order valence-corrected chi connectivity index (χ3v) is 18.2. The van der Waals surface area contributed by atoms with Crippen molar-refractivity contribution in [2.45, 2.75) is 57.8 Å². The van der Waals surface area contributed by atoms with Crippen LogP contribution in [0.1, 0.15) is 74.9 Å². The monoisotopic (exact) mass is 1000 g/mol. The number of hydrogen-bond acceptors (Lipinski definition) is 3. The summed E-state index contributed by atoms with van der Waals surface area (Å²) in [6.07, 6.45) is 0. The van der Waals surface area contributed by atoms with Crippen LogP contribution in [0.25, 0.3) is 111 Å². The average molecular weight is 1000 g/mol. The largest absolute Gasteiger partial charge is 0.455 e. The third kappa shape index (κ3) is 5.99. The highest BCUT2D eigenvalue weighted by molar-refractivity contribution is 6.22. The van der Waals surface area contributed by atoms with E-state index in [9.17, 15) is 0 Å². The summed E-state index contributed by atoms with van der Waals surface area (Å²) in [6, 6.07) is 82.7. The smallest absolute Gasteiger partial charge is 0.144 e. The van der Waals surface area contributed by atoms with Crippen molar-refractivity contribution in [3.63, 3.8) is 0 Å². The van der Waals surface area contributed by atoms with Gasteiger partial charge in [0, 0.05) is 71.4 Å². The molecule has 3 heteroatoms. The first kappa shape index (κ1) is 45.1. The minimum atomic E-state index is -0.402. The summed E-state index contributed by atoms with van der Waals surface area (Å²) in [5.74, 6) is 0. The van der Waals surface area contributed by atoms with Gasteiger partial charge < -0.3 is 13.7 Å². The van der Waals surface area contributed by atoms with Crippen LogP contribution < -0.4 is 4.90 Å². The Balaban J connectivity index is 0.974. The van der Waals surface area contributed by atoms with Crippen LogP contribution in [0.2, 0.25) is 0 Å². The van der Waals surface area contributed by atoms with Crippen molar-refractivity contribution in [1.82, 2.24) is 0 Å². The van der Waals surface area contributed by atoms with Crippen molar-refractivity contribution in [3.05, 3.63) is 258 Å². The molecule has 0 unspecified atom stereocenters. The van der Waals surface area contributed by atoms with Crippen molar-refractivity contribution >= 4 is 60.9 Å². The Morgan fingerprint density at radius 3 is 1.35 bits per heavy atom. The molecule has 3 aliphatic rings. The first-order chi connectivity index (χ1) is 38.0. The van der Waals surface area contributed by atoms with Crippen LogP contribution in [0.15, 0.2) is 233 Å². The summed E-state index contributed by atoms with van der Waals surface area (Å²) in [6.45, 7) is 14.6. The first-order valence-corrected chi connectivity index (χ1v) is 27.5. The zero-order chi connectivity index (χ0) is 52.4. The molecule has 0 amide bonds. The summed E-state index contributed by atoms with van der Waals surface area (Å²) in [4.78, 5) is 2.57. The van der Waals surface area contributed by atoms with Crippen molar-refractivity contribution in [2.24, 2.45) is 0 Å². The van der Waals surface area contributed by atoms with E-state index in [1.54, 1.807) is 0 Å². The van der Waals surface area contributed by atoms with Crippen molar-refractivity contribution < 1.29 is 8.83 Å². The maximum Gasteiger partial charge on any atom is 0.144 e. The maximum atomic E-state index is 7.15. The molecule has 13 aromatic rings. The molecule has 0 saturated carbocycles. The van der Waals surface area contributed by atoms with E-state index in [4.69, 9.17) is 8.83 Å². The molecule has 3 nitrogen and oxygen atoms in total. The molecule has 2 aromatic heterocycles. The van der Waals surface area contributed by atoms with Crippen LogP contribution in [0.5, 0.6) is 0 Å². The van der Waals surface area contributed by atoms with Gasteiger partial charge in [0.2, 0.25) is 0 Å². The van der Waals surface area contributed by atoms with Gasteiger partial charge in [-0.05, 0) is 120 Å². The third-order valence-electron chi connectivity index (χ3n) is 18.2. The fourth-order valence-corrected chi connectivity index (χ4v) is 14.6. The quantitative estimate of drug-likeness (QED) is 0.166. The number of anilines is 3. The number of rotatable bonds is 6. The predicted octanol–water partition coefficient (Wildman–Crippen LogP) is 20.9. The fraction of sp³-hybridized carbons (Fsp3) is 0.120. The second kappa shape index (κ2) is 15.9. The van der Waals surface area contributed by atoms with E-state index >= 15 is 0 Å². The van der Waals surface area contributed by atoms with Crippen molar-refractivity contribution in [1.29, 1.82) is 0 Å². The van der Waals surface area contributed by atoms with E-state index in [2.05, 4.69) is 271 Å². The molecule has 0 spiro atoms. The normalized spacial score (nSPS) is 14.8. The minimum Gasteiger partial charge on any atom is -0.455 e. The molecule has 16 rings (SSSR count). The van der Waals surface area contributed by atoms with Gasteiger partial charge in [-0.15, -0.1) is 0 Å². The number of furan rings is 2. The van der Waals surface area contributed by atoms with E-state index in [1.807, 2.05) is 0 Å². The molecule has 0 bridgehead atoms. The van der Waals surface area contributed by atoms with E-state index < -0.39 is 5.41 Å². The molecule has 78 heavy (non-hydrogen) atoms. The lowest BCUT2D eigenvalue weighted by Gasteiger charge is -2.33. The van der Waals surface area contributed by atoms with Gasteiger partial charge in [-0.2, -0.15) is 0 Å². The van der Waals surface area contributed by atoms with Gasteiger partial charge in [0.15, 0.2) is 0 Å². The topological polar surface area (TPSA) is 29.5 Å². The van der Waals surface area contributed by atoms with Gasteiger partial charge in [0.25, 0.3) is 0 Å². The molecule has 3 aliphatic carbocycles. The van der Waals surface area contributed by atoms with Gasteiger partial charge in [-0.1, -0.05) is 224 Å². The second-order valence-electron chi connectivity index (χ2n) is 23.5.